The third-order valence-electron chi connectivity index (χ3n) is 18.1. The van der Waals surface area contributed by atoms with Crippen molar-refractivity contribution in [3.05, 3.63) is 403 Å². The lowest BCUT2D eigenvalue weighted by molar-refractivity contribution is -0.138. The Kier molecular flexibility index (Phi) is 55.8. The highest BCUT2D eigenvalue weighted by Crippen LogP contribution is 2.36. The van der Waals surface area contributed by atoms with Crippen LogP contribution >= 0.6 is 85.5 Å². The molecule has 0 aliphatic carbocycles. The number of hydrogen-bond donors (Lipinski definition) is 0. The number of benzene rings is 9. The van der Waals surface area contributed by atoms with E-state index in [0.717, 1.165) is 45.1 Å². The van der Waals surface area contributed by atoms with Crippen molar-refractivity contribution in [1.29, 1.82) is 0 Å². The lowest BCUT2D eigenvalue weighted by atomic mass is 9.97. The van der Waals surface area contributed by atoms with Gasteiger partial charge in [-0.15, -0.1) is 0 Å². The fourth-order valence-electron chi connectivity index (χ4n) is 10.6. The molecule has 0 saturated heterocycles. The third kappa shape index (κ3) is 47.8. The molecule has 3 heterocycles. The third-order valence-corrected chi connectivity index (χ3v) is 20.6. The van der Waals surface area contributed by atoms with E-state index in [9.17, 15) is 35.1 Å². The fraction of sp³-hybridized carbons (Fsp3) is 0.343. The summed E-state index contributed by atoms with van der Waals surface area (Å²) in [5, 5.41) is 2.94. The van der Waals surface area contributed by atoms with Crippen LogP contribution in [0.15, 0.2) is 266 Å². The van der Waals surface area contributed by atoms with E-state index in [1.54, 1.807) is 74.6 Å². The van der Waals surface area contributed by atoms with Gasteiger partial charge in [-0.3, -0.25) is 15.0 Å². The number of pyridine rings is 3. The first-order valence-electron chi connectivity index (χ1n) is 41.2. The molecule has 0 unspecified atom stereocenters. The molecule has 0 spiro atoms. The van der Waals surface area contributed by atoms with E-state index in [2.05, 4.69) is 175 Å². The van der Waals surface area contributed by atoms with Crippen molar-refractivity contribution < 1.29 is 35.1 Å². The zero-order valence-corrected chi connectivity index (χ0v) is 81.8. The van der Waals surface area contributed by atoms with Gasteiger partial charge in [-0.2, -0.15) is 13.2 Å². The number of aromatic nitrogens is 3. The summed E-state index contributed by atoms with van der Waals surface area (Å²) in [5.74, 6) is 3.34. The van der Waals surface area contributed by atoms with Crippen LogP contribution < -0.4 is 0 Å². The molecule has 12 aromatic rings. The number of hydrogen-bond acceptors (Lipinski definition) is 3. The van der Waals surface area contributed by atoms with Crippen LogP contribution in [0.3, 0.4) is 0 Å². The van der Waals surface area contributed by atoms with E-state index in [4.69, 9.17) is 69.6 Å². The summed E-state index contributed by atoms with van der Waals surface area (Å²) in [6.07, 6.45) is 4.96. The SMILES string of the molecule is CC(C)c1cc(F)cc(Cl)c1.CC(C)c1ccc(Cl)c(F)c1.CC(C)c1ccc(Cl)cc1F.CC(C)c1ccc(F)cc1Cl.CC(C)c1cccc(Cl)c1Cl.CC(C)c1ccccc1.CC(C)c1ccccc1C(F)(F)F.CC(C)c1ccccn1.CC(C)c1cccnc1.CC(C)c1ccncc1.Cc1ccc(F)c(Br)c1.Cc1cccc(C(C)C)c1. The second-order valence-electron chi connectivity index (χ2n) is 32.2. The van der Waals surface area contributed by atoms with E-state index in [1.165, 1.54) is 82.4 Å². The van der Waals surface area contributed by atoms with Gasteiger partial charge in [0.05, 0.1) is 25.1 Å². The highest BCUT2D eigenvalue weighted by atomic mass is 79.9. The van der Waals surface area contributed by atoms with Crippen molar-refractivity contribution in [2.24, 2.45) is 0 Å². The maximum absolute atomic E-state index is 13.0. The van der Waals surface area contributed by atoms with E-state index in [0.29, 0.717) is 88.4 Å². The van der Waals surface area contributed by atoms with Gasteiger partial charge in [0.15, 0.2) is 0 Å². The van der Waals surface area contributed by atoms with Crippen LogP contribution in [0.25, 0.3) is 0 Å². The lowest BCUT2D eigenvalue weighted by Crippen LogP contribution is -2.09. The second kappa shape index (κ2) is 60.7. The van der Waals surface area contributed by atoms with Gasteiger partial charge in [0, 0.05) is 51.7 Å². The minimum atomic E-state index is -4.24. The normalized spacial score (nSPS) is 10.6. The summed E-state index contributed by atoms with van der Waals surface area (Å²) in [6.45, 7) is 49.6. The Hall–Kier alpha value is -7.91. The van der Waals surface area contributed by atoms with Crippen molar-refractivity contribution >= 4 is 85.5 Å². The number of alkyl halides is 3. The Balaban J connectivity index is 0.000000672. The van der Waals surface area contributed by atoms with Gasteiger partial charge < -0.3 is 0 Å². The van der Waals surface area contributed by atoms with E-state index >= 15 is 0 Å². The van der Waals surface area contributed by atoms with Crippen LogP contribution in [0.4, 0.5) is 35.1 Å². The molecule has 18 heteroatoms. The molecule has 123 heavy (non-hydrogen) atoms. The number of aryl methyl sites for hydroxylation is 2. The zero-order valence-electron chi connectivity index (χ0n) is 75.7. The van der Waals surface area contributed by atoms with Crippen LogP contribution in [0.2, 0.25) is 30.1 Å². The predicted octanol–water partition coefficient (Wildman–Crippen LogP) is 37.8. The molecule has 0 saturated carbocycles. The van der Waals surface area contributed by atoms with E-state index in [1.807, 2.05) is 148 Å². The second-order valence-corrected chi connectivity index (χ2v) is 35.5. The van der Waals surface area contributed by atoms with Crippen LogP contribution in [0.1, 0.15) is 295 Å². The summed E-state index contributed by atoms with van der Waals surface area (Å²) in [7, 11) is 0. The maximum atomic E-state index is 13.0. The van der Waals surface area contributed by atoms with Crippen LogP contribution in [-0.2, 0) is 6.18 Å². The largest absolute Gasteiger partial charge is 0.416 e. The average Bonchev–Trinajstić information content (AvgIpc) is 0.797. The number of halogens is 15. The Bertz CT molecular complexity index is 4620. The molecule has 0 amide bonds. The van der Waals surface area contributed by atoms with Crippen LogP contribution in [-0.4, -0.2) is 15.0 Å². The molecule has 0 aliphatic heterocycles. The first-order chi connectivity index (χ1) is 57.6. The van der Waals surface area contributed by atoms with Crippen LogP contribution in [0, 0.1) is 42.9 Å². The van der Waals surface area contributed by atoms with Crippen molar-refractivity contribution in [2.75, 3.05) is 0 Å². The molecule has 0 bridgehead atoms. The predicted molar refractivity (Wildman–Crippen MR) is 518 cm³/mol. The molecule has 0 aliphatic rings. The average molecular weight is 1870 g/mol. The highest BCUT2D eigenvalue weighted by molar-refractivity contribution is 9.10. The Morgan fingerprint density at radius 2 is 0.780 bits per heavy atom. The molecule has 12 rings (SSSR count). The number of nitrogens with zero attached hydrogens (tertiary/aromatic N) is 3. The monoisotopic (exact) mass is 1870 g/mol. The molecule has 0 atom stereocenters. The van der Waals surface area contributed by atoms with Gasteiger partial charge >= 0.3 is 6.18 Å². The fourth-order valence-corrected chi connectivity index (χ4v) is 12.5. The smallest absolute Gasteiger partial charge is 0.265 e. The molecule has 0 radical (unpaired) electrons. The van der Waals surface area contributed by atoms with Gasteiger partial charge in [0.1, 0.15) is 29.1 Å². The molecule has 666 valence electrons. The molecular formula is C105H126BrCl6F8N3. The van der Waals surface area contributed by atoms with Gasteiger partial charge in [0.2, 0.25) is 0 Å². The molecule has 0 N–H and O–H groups in total. The topological polar surface area (TPSA) is 38.7 Å². The minimum absolute atomic E-state index is 0.0992. The minimum Gasteiger partial charge on any atom is -0.265 e. The van der Waals surface area contributed by atoms with Gasteiger partial charge in [-0.25, -0.2) is 22.0 Å². The highest BCUT2D eigenvalue weighted by Gasteiger charge is 2.33. The van der Waals surface area contributed by atoms with Gasteiger partial charge in [-0.1, -0.05) is 349 Å². The summed E-state index contributed by atoms with van der Waals surface area (Å²) >= 11 is 37.4. The molecular weight excluding hydrogens is 1750 g/mol. The molecule has 9 aromatic carbocycles. The maximum Gasteiger partial charge on any atom is 0.416 e. The quantitative estimate of drug-likeness (QED) is 0.121. The molecule has 3 nitrogen and oxygen atoms in total. The van der Waals surface area contributed by atoms with Crippen molar-refractivity contribution in [3.63, 3.8) is 0 Å². The first-order valence-corrected chi connectivity index (χ1v) is 44.3. The van der Waals surface area contributed by atoms with Gasteiger partial charge in [0.25, 0.3) is 0 Å². The Morgan fingerprint density at radius 3 is 1.19 bits per heavy atom. The van der Waals surface area contributed by atoms with Gasteiger partial charge in [-0.05, 0) is 265 Å². The Morgan fingerprint density at radius 1 is 0.285 bits per heavy atom. The lowest BCUT2D eigenvalue weighted by Gasteiger charge is -2.14. The molecule has 0 fully saturated rings. The first kappa shape index (κ1) is 113. The Labute approximate surface area is 770 Å². The van der Waals surface area contributed by atoms with E-state index < -0.39 is 11.7 Å². The summed E-state index contributed by atoms with van der Waals surface area (Å²) in [6, 6.07) is 68.5. The summed E-state index contributed by atoms with van der Waals surface area (Å²) in [4.78, 5) is 12.1. The number of rotatable bonds is 11. The van der Waals surface area contributed by atoms with Crippen molar-refractivity contribution in [1.82, 2.24) is 15.0 Å². The standard InChI is InChI=1S/C10H11F3.C10H14.C9H10Cl2.4C9H10ClF.C9H12.3C8H11N.C7H6BrF/c1-7(2)8-5-3-4-6-9(8)10(11,12)13;1-8(2)10-6-4-5-9(3)7-10;1-6(2)7-4-3-5-8(10)9(7)11;1-6(2)7-3-8(10)5-9(11)4-7;1-6(2)8-4-3-7(11)5-9(8)10;1-6(2)8-4-3-7(10)5-9(8)11;1-6(2)7-3-4-8(10)9(11)5-7;1-8(2)9-6-4-3-5-7-9;1-7(2)8-3-5-9-6-4-8;1-7(2)8-4-3-5-9-6-8;1-7(2)8-5-3-4-6-9-8;1-5-2-3-7(9)6(8)4-5/h3-7H,1-2H3;4-8H,1-3H3;5*3-6H,1-2H3;3-8H,1-2H3;3*3-7H,1-2H3;2-4H,1H3. The molecule has 3 aromatic heterocycles. The van der Waals surface area contributed by atoms with Crippen molar-refractivity contribution in [3.8, 4) is 0 Å². The zero-order chi connectivity index (χ0) is 93.4. The van der Waals surface area contributed by atoms with E-state index in [-0.39, 0.29) is 45.9 Å². The van der Waals surface area contributed by atoms with Crippen molar-refractivity contribution in [2.45, 2.75) is 237 Å². The van der Waals surface area contributed by atoms with Crippen LogP contribution in [0.5, 0.6) is 0 Å². The summed E-state index contributed by atoms with van der Waals surface area (Å²) < 4.78 is 101. The summed E-state index contributed by atoms with van der Waals surface area (Å²) in [5.41, 5.74) is 13.6.